The van der Waals surface area contributed by atoms with E-state index in [0.717, 1.165) is 31.7 Å². The fourth-order valence-corrected chi connectivity index (χ4v) is 2.28. The molecule has 1 heterocycles. The Bertz CT molecular complexity index is 382. The molecule has 0 bridgehead atoms. The molecule has 0 aliphatic rings. The summed E-state index contributed by atoms with van der Waals surface area (Å²) in [6, 6.07) is 0.510. The van der Waals surface area contributed by atoms with E-state index in [1.165, 1.54) is 11.3 Å². The van der Waals surface area contributed by atoms with Gasteiger partial charge >= 0.3 is 0 Å². The van der Waals surface area contributed by atoms with Crippen molar-refractivity contribution in [2.24, 2.45) is 13.0 Å². The third-order valence-corrected chi connectivity index (χ3v) is 3.53. The van der Waals surface area contributed by atoms with Crippen LogP contribution >= 0.6 is 0 Å². The van der Waals surface area contributed by atoms with Gasteiger partial charge in [-0.3, -0.25) is 4.68 Å². The molecule has 0 aromatic carbocycles. The van der Waals surface area contributed by atoms with Gasteiger partial charge in [-0.25, -0.2) is 0 Å². The molecule has 1 rings (SSSR count). The Balaban J connectivity index is 2.26. The van der Waals surface area contributed by atoms with Gasteiger partial charge in [-0.15, -0.1) is 0 Å². The Hall–Kier alpha value is -0.870. The van der Waals surface area contributed by atoms with Crippen molar-refractivity contribution in [1.29, 1.82) is 0 Å². The summed E-state index contributed by atoms with van der Waals surface area (Å²) in [6.45, 7) is 14.1. The molecule has 0 fully saturated rings. The van der Waals surface area contributed by atoms with Crippen LogP contribution in [0.1, 0.15) is 37.7 Å². The number of aryl methyl sites for hydroxylation is 2. The van der Waals surface area contributed by atoms with Crippen LogP contribution in [0.25, 0.3) is 0 Å². The molecule has 1 aromatic heterocycles. The highest BCUT2D eigenvalue weighted by Crippen LogP contribution is 2.11. The number of nitrogens with one attached hydrogen (secondary N) is 2. The Kier molecular flexibility index (Phi) is 6.52. The third kappa shape index (κ3) is 5.33. The molecule has 4 nitrogen and oxygen atoms in total. The third-order valence-electron chi connectivity index (χ3n) is 3.53. The van der Waals surface area contributed by atoms with Gasteiger partial charge < -0.3 is 10.6 Å². The summed E-state index contributed by atoms with van der Waals surface area (Å²) >= 11 is 0. The van der Waals surface area contributed by atoms with Crippen molar-refractivity contribution in [3.8, 4) is 0 Å². The van der Waals surface area contributed by atoms with Crippen molar-refractivity contribution < 1.29 is 0 Å². The van der Waals surface area contributed by atoms with Gasteiger partial charge in [0.1, 0.15) is 0 Å². The second kappa shape index (κ2) is 7.65. The smallest absolute Gasteiger partial charge is 0.0628 e. The maximum atomic E-state index is 4.45. The van der Waals surface area contributed by atoms with E-state index in [1.807, 2.05) is 11.7 Å². The topological polar surface area (TPSA) is 41.9 Å². The maximum absolute atomic E-state index is 4.45. The van der Waals surface area contributed by atoms with Crippen molar-refractivity contribution in [2.45, 2.75) is 47.1 Å². The Morgan fingerprint density at radius 2 is 1.84 bits per heavy atom. The van der Waals surface area contributed by atoms with Crippen LogP contribution in [0.15, 0.2) is 0 Å². The minimum atomic E-state index is 0.510. The molecule has 2 N–H and O–H groups in total. The normalized spacial score (nSPS) is 13.2. The summed E-state index contributed by atoms with van der Waals surface area (Å²) in [6.07, 6.45) is 1.06. The molecule has 0 amide bonds. The molecule has 0 radical (unpaired) electrons. The highest BCUT2D eigenvalue weighted by atomic mass is 15.3. The molecule has 0 aliphatic carbocycles. The predicted molar refractivity (Wildman–Crippen MR) is 81.6 cm³/mol. The quantitative estimate of drug-likeness (QED) is 0.754. The van der Waals surface area contributed by atoms with E-state index in [0.29, 0.717) is 12.0 Å². The first kappa shape index (κ1) is 16.2. The summed E-state index contributed by atoms with van der Waals surface area (Å²) in [5.41, 5.74) is 3.83. The Labute approximate surface area is 118 Å². The summed E-state index contributed by atoms with van der Waals surface area (Å²) in [5, 5.41) is 11.5. The molecule has 4 heteroatoms. The maximum Gasteiger partial charge on any atom is 0.0628 e. The lowest BCUT2D eigenvalue weighted by Crippen LogP contribution is -2.38. The summed E-state index contributed by atoms with van der Waals surface area (Å²) < 4.78 is 1.97. The van der Waals surface area contributed by atoms with Crippen LogP contribution in [0.2, 0.25) is 0 Å². The monoisotopic (exact) mass is 266 g/mol. The van der Waals surface area contributed by atoms with Gasteiger partial charge in [0.2, 0.25) is 0 Å². The second-order valence-corrected chi connectivity index (χ2v) is 5.93. The second-order valence-electron chi connectivity index (χ2n) is 5.93. The molecule has 0 spiro atoms. The molecule has 0 saturated carbocycles. The molecule has 0 aliphatic heterocycles. The van der Waals surface area contributed by atoms with Crippen LogP contribution < -0.4 is 10.6 Å². The molecule has 1 atom stereocenters. The standard InChI is InChI=1S/C15H30N4/c1-11(2)9-16-10-12(3)17-8-7-15-13(4)18-19(6)14(15)5/h11-12,16-17H,7-10H2,1-6H3. The lowest BCUT2D eigenvalue weighted by atomic mass is 10.1. The molecule has 0 saturated heterocycles. The fraction of sp³-hybridized carbons (Fsp3) is 0.800. The van der Waals surface area contributed by atoms with Crippen molar-refractivity contribution in [2.75, 3.05) is 19.6 Å². The molecule has 19 heavy (non-hydrogen) atoms. The highest BCUT2D eigenvalue weighted by Gasteiger charge is 2.09. The first-order valence-corrected chi connectivity index (χ1v) is 7.35. The first-order chi connectivity index (χ1) is 8.91. The number of nitrogens with zero attached hydrogens (tertiary/aromatic N) is 2. The van der Waals surface area contributed by atoms with Crippen molar-refractivity contribution in [3.63, 3.8) is 0 Å². The van der Waals surface area contributed by atoms with Crippen molar-refractivity contribution in [1.82, 2.24) is 20.4 Å². The zero-order valence-electron chi connectivity index (χ0n) is 13.4. The highest BCUT2D eigenvalue weighted by molar-refractivity contribution is 5.24. The van der Waals surface area contributed by atoms with E-state index in [-0.39, 0.29) is 0 Å². The fourth-order valence-electron chi connectivity index (χ4n) is 2.28. The summed E-state index contributed by atoms with van der Waals surface area (Å²) in [4.78, 5) is 0. The minimum Gasteiger partial charge on any atom is -0.315 e. The van der Waals surface area contributed by atoms with Crippen molar-refractivity contribution in [3.05, 3.63) is 17.0 Å². The van der Waals surface area contributed by atoms with Gasteiger partial charge in [0.15, 0.2) is 0 Å². The van der Waals surface area contributed by atoms with Crippen LogP contribution in [-0.4, -0.2) is 35.5 Å². The van der Waals surface area contributed by atoms with Crippen LogP contribution in [0.3, 0.4) is 0 Å². The van der Waals surface area contributed by atoms with Crippen LogP contribution in [0.5, 0.6) is 0 Å². The lowest BCUT2D eigenvalue weighted by Gasteiger charge is -2.15. The molecule has 110 valence electrons. The summed E-state index contributed by atoms with van der Waals surface area (Å²) in [5.74, 6) is 0.716. The Morgan fingerprint density at radius 3 is 2.37 bits per heavy atom. The average molecular weight is 266 g/mol. The Morgan fingerprint density at radius 1 is 1.16 bits per heavy atom. The van der Waals surface area contributed by atoms with Gasteiger partial charge in [-0.1, -0.05) is 13.8 Å². The molecule has 1 unspecified atom stereocenters. The van der Waals surface area contributed by atoms with E-state index in [4.69, 9.17) is 0 Å². The predicted octanol–water partition coefficient (Wildman–Crippen LogP) is 1.80. The van der Waals surface area contributed by atoms with Gasteiger partial charge in [0.05, 0.1) is 5.69 Å². The number of rotatable bonds is 8. The molecule has 1 aromatic rings. The summed E-state index contributed by atoms with van der Waals surface area (Å²) in [7, 11) is 2.01. The zero-order chi connectivity index (χ0) is 14.4. The van der Waals surface area contributed by atoms with Gasteiger partial charge in [0.25, 0.3) is 0 Å². The van der Waals surface area contributed by atoms with E-state index in [1.54, 1.807) is 0 Å². The zero-order valence-corrected chi connectivity index (χ0v) is 13.4. The van der Waals surface area contributed by atoms with Crippen LogP contribution in [0.4, 0.5) is 0 Å². The number of aromatic nitrogens is 2. The SMILES string of the molecule is Cc1nn(C)c(C)c1CCNC(C)CNCC(C)C. The van der Waals surface area contributed by atoms with Crippen molar-refractivity contribution >= 4 is 0 Å². The molecular formula is C15H30N4. The average Bonchev–Trinajstić information content (AvgIpc) is 2.55. The van der Waals surface area contributed by atoms with E-state index >= 15 is 0 Å². The minimum absolute atomic E-state index is 0.510. The van der Waals surface area contributed by atoms with E-state index in [2.05, 4.69) is 50.4 Å². The van der Waals surface area contributed by atoms with Crippen LogP contribution in [0, 0.1) is 19.8 Å². The lowest BCUT2D eigenvalue weighted by molar-refractivity contribution is 0.474. The molecular weight excluding hydrogens is 236 g/mol. The first-order valence-electron chi connectivity index (χ1n) is 7.35. The van der Waals surface area contributed by atoms with Gasteiger partial charge in [-0.05, 0) is 51.8 Å². The largest absolute Gasteiger partial charge is 0.315 e. The van der Waals surface area contributed by atoms with E-state index < -0.39 is 0 Å². The van der Waals surface area contributed by atoms with Gasteiger partial charge in [0, 0.05) is 25.3 Å². The van der Waals surface area contributed by atoms with E-state index in [9.17, 15) is 0 Å². The van der Waals surface area contributed by atoms with Gasteiger partial charge in [-0.2, -0.15) is 5.10 Å². The number of hydrogen-bond donors (Lipinski definition) is 2. The van der Waals surface area contributed by atoms with Crippen LogP contribution in [-0.2, 0) is 13.5 Å². The number of hydrogen-bond acceptors (Lipinski definition) is 3.